The summed E-state index contributed by atoms with van der Waals surface area (Å²) in [6, 6.07) is 15.0. The molecule has 2 aliphatic rings. The summed E-state index contributed by atoms with van der Waals surface area (Å²) in [6.45, 7) is 4.80. The van der Waals surface area contributed by atoms with Crippen LogP contribution >= 0.6 is 11.6 Å². The second kappa shape index (κ2) is 9.98. The first-order chi connectivity index (χ1) is 14.6. The molecule has 1 amide bonds. The number of carbonyl (C=O) groups is 1. The number of nitrogens with one attached hydrogen (secondary N) is 1. The Bertz CT molecular complexity index is 881. The number of benzene rings is 2. The summed E-state index contributed by atoms with van der Waals surface area (Å²) < 4.78 is 0. The van der Waals surface area contributed by atoms with Crippen LogP contribution in [0.25, 0.3) is 0 Å². The standard InChI is InChI=1S/C26H33ClN2O/c1-2-25(21-14-13-19-8-3-4-9-20(19)16-21)28-26(30)23-11-7-15-29(18-23)17-22-10-5-6-12-24(22)27/h5-6,10,12-14,16,23,25H,2-4,7-9,11,15,17-18H2,1H3,(H,28,30)/t23-,25-/m0/s1. The van der Waals surface area contributed by atoms with Crippen LogP contribution in [0.15, 0.2) is 42.5 Å². The van der Waals surface area contributed by atoms with Crippen molar-refractivity contribution < 1.29 is 4.79 Å². The van der Waals surface area contributed by atoms with Gasteiger partial charge in [-0.2, -0.15) is 0 Å². The predicted octanol–water partition coefficient (Wildman–Crippen LogP) is 5.70. The second-order valence-corrected chi connectivity index (χ2v) is 9.28. The summed E-state index contributed by atoms with van der Waals surface area (Å²) in [5, 5.41) is 4.17. The number of rotatable bonds is 6. The first-order valence-electron chi connectivity index (χ1n) is 11.5. The Labute approximate surface area is 185 Å². The minimum Gasteiger partial charge on any atom is -0.349 e. The minimum absolute atomic E-state index is 0.0490. The second-order valence-electron chi connectivity index (χ2n) is 8.87. The van der Waals surface area contributed by atoms with Gasteiger partial charge in [0.15, 0.2) is 0 Å². The molecule has 2 aromatic rings. The maximum absolute atomic E-state index is 13.1. The summed E-state index contributed by atoms with van der Waals surface area (Å²) in [6.07, 6.45) is 7.88. The molecular formula is C26H33ClN2O. The van der Waals surface area contributed by atoms with Crippen molar-refractivity contribution in [2.24, 2.45) is 5.92 Å². The largest absolute Gasteiger partial charge is 0.349 e. The number of hydrogen-bond donors (Lipinski definition) is 1. The van der Waals surface area contributed by atoms with Crippen molar-refractivity contribution in [3.05, 3.63) is 69.7 Å². The van der Waals surface area contributed by atoms with E-state index < -0.39 is 0 Å². The fraction of sp³-hybridized carbons (Fsp3) is 0.500. The molecule has 0 aromatic heterocycles. The van der Waals surface area contributed by atoms with Crippen molar-refractivity contribution in [3.8, 4) is 0 Å². The van der Waals surface area contributed by atoms with Gasteiger partial charge in [-0.15, -0.1) is 0 Å². The first-order valence-corrected chi connectivity index (χ1v) is 11.9. The number of halogens is 1. The van der Waals surface area contributed by atoms with Crippen LogP contribution in [0.5, 0.6) is 0 Å². The zero-order valence-corrected chi connectivity index (χ0v) is 18.8. The molecule has 1 saturated heterocycles. The number of aryl methyl sites for hydroxylation is 2. The molecule has 0 bridgehead atoms. The van der Waals surface area contributed by atoms with E-state index in [0.717, 1.165) is 49.5 Å². The number of nitrogens with zero attached hydrogens (tertiary/aromatic N) is 1. The average molecular weight is 425 g/mol. The van der Waals surface area contributed by atoms with Gasteiger partial charge in [-0.25, -0.2) is 0 Å². The summed E-state index contributed by atoms with van der Waals surface area (Å²) >= 11 is 6.34. The lowest BCUT2D eigenvalue weighted by Gasteiger charge is -2.33. The van der Waals surface area contributed by atoms with Gasteiger partial charge in [0.2, 0.25) is 5.91 Å². The quantitative estimate of drug-likeness (QED) is 0.645. The van der Waals surface area contributed by atoms with E-state index in [1.807, 2.05) is 18.2 Å². The normalized spacial score (nSPS) is 20.4. The Hall–Kier alpha value is -1.84. The van der Waals surface area contributed by atoms with E-state index in [9.17, 15) is 4.79 Å². The van der Waals surface area contributed by atoms with Crippen LogP contribution in [-0.2, 0) is 24.2 Å². The number of carbonyl (C=O) groups excluding carboxylic acids is 1. The van der Waals surface area contributed by atoms with Crippen LogP contribution in [0.2, 0.25) is 5.02 Å². The van der Waals surface area contributed by atoms with E-state index in [1.165, 1.54) is 42.4 Å². The van der Waals surface area contributed by atoms with Gasteiger partial charge >= 0.3 is 0 Å². The molecular weight excluding hydrogens is 392 g/mol. The first kappa shape index (κ1) is 21.4. The fourth-order valence-electron chi connectivity index (χ4n) is 4.96. The molecule has 0 unspecified atom stereocenters. The van der Waals surface area contributed by atoms with Crippen molar-refractivity contribution in [1.29, 1.82) is 0 Å². The predicted molar refractivity (Wildman–Crippen MR) is 124 cm³/mol. The third kappa shape index (κ3) is 5.07. The lowest BCUT2D eigenvalue weighted by molar-refractivity contribution is -0.127. The summed E-state index contributed by atoms with van der Waals surface area (Å²) in [5.41, 5.74) is 5.37. The van der Waals surface area contributed by atoms with Crippen LogP contribution in [0.4, 0.5) is 0 Å². The number of hydrogen-bond acceptors (Lipinski definition) is 2. The van der Waals surface area contributed by atoms with E-state index in [2.05, 4.69) is 41.4 Å². The molecule has 2 aromatic carbocycles. The van der Waals surface area contributed by atoms with Crippen molar-refractivity contribution in [1.82, 2.24) is 10.2 Å². The number of amides is 1. The van der Waals surface area contributed by atoms with Crippen molar-refractivity contribution in [2.45, 2.75) is 64.5 Å². The lowest BCUT2D eigenvalue weighted by atomic mass is 9.88. The molecule has 4 rings (SSSR count). The van der Waals surface area contributed by atoms with Crippen LogP contribution in [0.1, 0.15) is 67.3 Å². The highest BCUT2D eigenvalue weighted by Gasteiger charge is 2.27. The number of fused-ring (bicyclic) bond motifs is 1. The summed E-state index contributed by atoms with van der Waals surface area (Å²) in [4.78, 5) is 15.5. The Balaban J connectivity index is 1.39. The molecule has 4 heteroatoms. The maximum Gasteiger partial charge on any atom is 0.224 e. The van der Waals surface area contributed by atoms with Crippen LogP contribution in [0.3, 0.4) is 0 Å². The van der Waals surface area contributed by atoms with Gasteiger partial charge in [0, 0.05) is 18.1 Å². The molecule has 1 N–H and O–H groups in total. The van der Waals surface area contributed by atoms with E-state index in [4.69, 9.17) is 11.6 Å². The molecule has 1 heterocycles. The fourth-order valence-corrected chi connectivity index (χ4v) is 5.16. The third-order valence-electron chi connectivity index (χ3n) is 6.73. The Morgan fingerprint density at radius 1 is 1.13 bits per heavy atom. The van der Waals surface area contributed by atoms with E-state index in [-0.39, 0.29) is 17.9 Å². The highest BCUT2D eigenvalue weighted by atomic mass is 35.5. The zero-order chi connectivity index (χ0) is 20.9. The highest BCUT2D eigenvalue weighted by Crippen LogP contribution is 2.27. The third-order valence-corrected chi connectivity index (χ3v) is 7.10. The van der Waals surface area contributed by atoms with Gasteiger partial charge in [-0.3, -0.25) is 9.69 Å². The average Bonchev–Trinajstić information content (AvgIpc) is 2.78. The zero-order valence-electron chi connectivity index (χ0n) is 18.0. The molecule has 1 aliphatic heterocycles. The maximum atomic E-state index is 13.1. The molecule has 2 atom stereocenters. The van der Waals surface area contributed by atoms with Crippen molar-refractivity contribution in [2.75, 3.05) is 13.1 Å². The van der Waals surface area contributed by atoms with Crippen LogP contribution in [0, 0.1) is 5.92 Å². The Kier molecular flexibility index (Phi) is 7.12. The summed E-state index contributed by atoms with van der Waals surface area (Å²) in [7, 11) is 0. The van der Waals surface area contributed by atoms with Gasteiger partial charge in [0.05, 0.1) is 12.0 Å². The SMILES string of the molecule is CC[C@H](NC(=O)[C@H]1CCCN(Cc2ccccc2Cl)C1)c1ccc2c(c1)CCCC2. The van der Waals surface area contributed by atoms with Gasteiger partial charge in [0.1, 0.15) is 0 Å². The monoisotopic (exact) mass is 424 g/mol. The Morgan fingerprint density at radius 2 is 1.93 bits per heavy atom. The smallest absolute Gasteiger partial charge is 0.224 e. The molecule has 1 fully saturated rings. The van der Waals surface area contributed by atoms with E-state index in [1.54, 1.807) is 0 Å². The molecule has 30 heavy (non-hydrogen) atoms. The number of likely N-dealkylation sites (tertiary alicyclic amines) is 1. The topological polar surface area (TPSA) is 32.3 Å². The van der Waals surface area contributed by atoms with E-state index >= 15 is 0 Å². The van der Waals surface area contributed by atoms with Crippen molar-refractivity contribution in [3.63, 3.8) is 0 Å². The molecule has 1 aliphatic carbocycles. The number of piperidine rings is 1. The van der Waals surface area contributed by atoms with Gasteiger partial charge in [-0.1, -0.05) is 54.9 Å². The molecule has 3 nitrogen and oxygen atoms in total. The van der Waals surface area contributed by atoms with Gasteiger partial charge in [0.25, 0.3) is 0 Å². The minimum atomic E-state index is 0.0490. The van der Waals surface area contributed by atoms with E-state index in [0.29, 0.717) is 0 Å². The van der Waals surface area contributed by atoms with Gasteiger partial charge in [-0.05, 0) is 79.8 Å². The van der Waals surface area contributed by atoms with Gasteiger partial charge < -0.3 is 5.32 Å². The molecule has 160 valence electrons. The van der Waals surface area contributed by atoms with Crippen LogP contribution in [-0.4, -0.2) is 23.9 Å². The molecule has 0 radical (unpaired) electrons. The Morgan fingerprint density at radius 3 is 2.73 bits per heavy atom. The molecule has 0 spiro atoms. The van der Waals surface area contributed by atoms with Crippen molar-refractivity contribution >= 4 is 17.5 Å². The lowest BCUT2D eigenvalue weighted by Crippen LogP contribution is -2.43. The molecule has 0 saturated carbocycles. The summed E-state index contributed by atoms with van der Waals surface area (Å²) in [5.74, 6) is 0.247. The van der Waals surface area contributed by atoms with Crippen LogP contribution < -0.4 is 5.32 Å². The highest BCUT2D eigenvalue weighted by molar-refractivity contribution is 6.31.